The number of hydrogen-bond acceptors (Lipinski definition) is 4. The van der Waals surface area contributed by atoms with Crippen molar-refractivity contribution in [2.24, 2.45) is 0 Å². The highest BCUT2D eigenvalue weighted by Crippen LogP contribution is 2.28. The number of carboxylic acids is 1. The molecule has 0 saturated heterocycles. The molecule has 4 nitrogen and oxygen atoms in total. The van der Waals surface area contributed by atoms with E-state index in [1.807, 2.05) is 11.4 Å². The summed E-state index contributed by atoms with van der Waals surface area (Å²) in [7, 11) is 0. The van der Waals surface area contributed by atoms with Gasteiger partial charge in [0.15, 0.2) is 5.76 Å². The Labute approximate surface area is 118 Å². The fourth-order valence-electron chi connectivity index (χ4n) is 2.13. The third-order valence-corrected chi connectivity index (χ3v) is 3.92. The first-order valence-electron chi connectivity index (χ1n) is 5.95. The fraction of sp³-hybridized carbons (Fsp3) is 0.0667. The minimum absolute atomic E-state index is 0.107. The standard InChI is InChI=1S/C15H10O4S/c16-13(17)8-9-6-10-3-5-20-15(10)11(7-9)14(18)12-2-1-4-19-12/h1-7H,8H2,(H,16,17). The van der Waals surface area contributed by atoms with E-state index in [0.717, 1.165) is 10.1 Å². The van der Waals surface area contributed by atoms with E-state index in [1.54, 1.807) is 24.3 Å². The molecular formula is C15H10O4S. The van der Waals surface area contributed by atoms with Crippen molar-refractivity contribution in [1.29, 1.82) is 0 Å². The maximum Gasteiger partial charge on any atom is 0.307 e. The molecular weight excluding hydrogens is 276 g/mol. The van der Waals surface area contributed by atoms with Crippen molar-refractivity contribution in [3.8, 4) is 0 Å². The lowest BCUT2D eigenvalue weighted by Gasteiger charge is -2.04. The van der Waals surface area contributed by atoms with Gasteiger partial charge in [0, 0.05) is 10.3 Å². The highest BCUT2D eigenvalue weighted by Gasteiger charge is 2.17. The minimum atomic E-state index is -0.920. The Kier molecular flexibility index (Phi) is 3.12. The minimum Gasteiger partial charge on any atom is -0.481 e. The number of benzene rings is 1. The van der Waals surface area contributed by atoms with Crippen LogP contribution in [0.15, 0.2) is 46.4 Å². The van der Waals surface area contributed by atoms with Crippen molar-refractivity contribution in [3.63, 3.8) is 0 Å². The lowest BCUT2D eigenvalue weighted by molar-refractivity contribution is -0.136. The molecule has 1 N–H and O–H groups in total. The Balaban J connectivity index is 2.15. The molecule has 3 aromatic rings. The lowest BCUT2D eigenvalue weighted by atomic mass is 10.0. The zero-order valence-electron chi connectivity index (χ0n) is 10.3. The molecule has 0 atom stereocenters. The Bertz CT molecular complexity index is 783. The summed E-state index contributed by atoms with van der Waals surface area (Å²) in [5.74, 6) is -0.891. The Morgan fingerprint density at radius 2 is 2.10 bits per heavy atom. The SMILES string of the molecule is O=C(O)Cc1cc(C(=O)c2ccco2)c2sccc2c1. The van der Waals surface area contributed by atoms with Crippen molar-refractivity contribution >= 4 is 33.2 Å². The van der Waals surface area contributed by atoms with Gasteiger partial charge in [-0.3, -0.25) is 9.59 Å². The quantitative estimate of drug-likeness (QED) is 0.747. The summed E-state index contributed by atoms with van der Waals surface area (Å²) in [6.07, 6.45) is 1.34. The van der Waals surface area contributed by atoms with E-state index in [0.29, 0.717) is 11.1 Å². The summed E-state index contributed by atoms with van der Waals surface area (Å²) in [5.41, 5.74) is 1.10. The summed E-state index contributed by atoms with van der Waals surface area (Å²) in [6, 6.07) is 8.58. The summed E-state index contributed by atoms with van der Waals surface area (Å²) in [6.45, 7) is 0. The smallest absolute Gasteiger partial charge is 0.307 e. The normalized spacial score (nSPS) is 10.8. The predicted octanol–water partition coefficient (Wildman–Crippen LogP) is 3.35. The van der Waals surface area contributed by atoms with Gasteiger partial charge in [0.1, 0.15) is 0 Å². The number of carbonyl (C=O) groups excluding carboxylic acids is 1. The second kappa shape index (κ2) is 4.94. The number of rotatable bonds is 4. The highest BCUT2D eigenvalue weighted by atomic mass is 32.1. The molecule has 0 spiro atoms. The van der Waals surface area contributed by atoms with Crippen LogP contribution in [0.2, 0.25) is 0 Å². The zero-order chi connectivity index (χ0) is 14.1. The monoisotopic (exact) mass is 286 g/mol. The molecule has 20 heavy (non-hydrogen) atoms. The van der Waals surface area contributed by atoms with Gasteiger partial charge in [0.2, 0.25) is 5.78 Å². The molecule has 2 aromatic heterocycles. The van der Waals surface area contributed by atoms with Gasteiger partial charge in [-0.2, -0.15) is 0 Å². The Morgan fingerprint density at radius 1 is 1.25 bits per heavy atom. The van der Waals surface area contributed by atoms with Crippen LogP contribution in [0.25, 0.3) is 10.1 Å². The van der Waals surface area contributed by atoms with E-state index in [4.69, 9.17) is 9.52 Å². The van der Waals surface area contributed by atoms with Crippen molar-refractivity contribution < 1.29 is 19.1 Å². The third-order valence-electron chi connectivity index (χ3n) is 2.96. The molecule has 0 aliphatic heterocycles. The van der Waals surface area contributed by atoms with E-state index >= 15 is 0 Å². The van der Waals surface area contributed by atoms with Crippen molar-refractivity contribution in [2.45, 2.75) is 6.42 Å². The largest absolute Gasteiger partial charge is 0.481 e. The van der Waals surface area contributed by atoms with Crippen molar-refractivity contribution in [3.05, 3.63) is 58.9 Å². The Morgan fingerprint density at radius 3 is 2.80 bits per heavy atom. The average Bonchev–Trinajstić information content (AvgIpc) is 3.07. The van der Waals surface area contributed by atoms with E-state index in [-0.39, 0.29) is 18.0 Å². The summed E-state index contributed by atoms with van der Waals surface area (Å²) in [4.78, 5) is 23.3. The van der Waals surface area contributed by atoms with Crippen LogP contribution in [0.4, 0.5) is 0 Å². The van der Waals surface area contributed by atoms with E-state index in [1.165, 1.54) is 17.6 Å². The van der Waals surface area contributed by atoms with Crippen molar-refractivity contribution in [1.82, 2.24) is 0 Å². The van der Waals surface area contributed by atoms with Crippen LogP contribution in [0, 0.1) is 0 Å². The molecule has 0 aliphatic rings. The van der Waals surface area contributed by atoms with Crippen LogP contribution in [0.5, 0.6) is 0 Å². The molecule has 0 aliphatic carbocycles. The second-order valence-electron chi connectivity index (χ2n) is 4.36. The maximum atomic E-state index is 12.4. The summed E-state index contributed by atoms with van der Waals surface area (Å²) < 4.78 is 5.98. The van der Waals surface area contributed by atoms with E-state index < -0.39 is 5.97 Å². The van der Waals surface area contributed by atoms with E-state index in [2.05, 4.69) is 0 Å². The lowest BCUT2D eigenvalue weighted by Crippen LogP contribution is -2.04. The second-order valence-corrected chi connectivity index (χ2v) is 5.28. The van der Waals surface area contributed by atoms with Gasteiger partial charge in [-0.25, -0.2) is 0 Å². The first-order chi connectivity index (χ1) is 9.65. The maximum absolute atomic E-state index is 12.4. The molecule has 3 rings (SSSR count). The molecule has 2 heterocycles. The van der Waals surface area contributed by atoms with Gasteiger partial charge in [-0.1, -0.05) is 0 Å². The zero-order valence-corrected chi connectivity index (χ0v) is 11.1. The molecule has 0 radical (unpaired) electrons. The van der Waals surface area contributed by atoms with Gasteiger partial charge in [0.05, 0.1) is 12.7 Å². The molecule has 0 unspecified atom stereocenters. The van der Waals surface area contributed by atoms with Gasteiger partial charge < -0.3 is 9.52 Å². The molecule has 1 aromatic carbocycles. The fourth-order valence-corrected chi connectivity index (χ4v) is 3.02. The van der Waals surface area contributed by atoms with Crippen molar-refractivity contribution in [2.75, 3.05) is 0 Å². The first kappa shape index (κ1) is 12.6. The number of hydrogen-bond donors (Lipinski definition) is 1. The number of fused-ring (bicyclic) bond motifs is 1. The molecule has 0 amide bonds. The molecule has 0 fully saturated rings. The van der Waals surface area contributed by atoms with Crippen LogP contribution >= 0.6 is 11.3 Å². The number of ketones is 1. The molecule has 0 bridgehead atoms. The molecule has 0 saturated carbocycles. The number of carbonyl (C=O) groups is 2. The van der Waals surface area contributed by atoms with Gasteiger partial charge >= 0.3 is 5.97 Å². The van der Waals surface area contributed by atoms with Crippen LogP contribution in [0.1, 0.15) is 21.7 Å². The third kappa shape index (κ3) is 2.23. The van der Waals surface area contributed by atoms with Gasteiger partial charge in [-0.05, 0) is 46.7 Å². The summed E-state index contributed by atoms with van der Waals surface area (Å²) in [5, 5.41) is 11.7. The highest BCUT2D eigenvalue weighted by molar-refractivity contribution is 7.17. The van der Waals surface area contributed by atoms with Gasteiger partial charge in [-0.15, -0.1) is 11.3 Å². The number of carboxylic acid groups (broad SMARTS) is 1. The first-order valence-corrected chi connectivity index (χ1v) is 6.83. The number of thiophene rings is 1. The van der Waals surface area contributed by atoms with Crippen LogP contribution in [-0.2, 0) is 11.2 Å². The van der Waals surface area contributed by atoms with E-state index in [9.17, 15) is 9.59 Å². The topological polar surface area (TPSA) is 67.5 Å². The number of furan rings is 1. The average molecular weight is 286 g/mol. The predicted molar refractivity (Wildman–Crippen MR) is 75.3 cm³/mol. The molecule has 5 heteroatoms. The van der Waals surface area contributed by atoms with Crippen LogP contribution in [0.3, 0.4) is 0 Å². The van der Waals surface area contributed by atoms with Gasteiger partial charge in [0.25, 0.3) is 0 Å². The van der Waals surface area contributed by atoms with Crippen LogP contribution < -0.4 is 0 Å². The Hall–Kier alpha value is -2.40. The molecule has 100 valence electrons. The summed E-state index contributed by atoms with van der Waals surface area (Å²) >= 11 is 1.46. The van der Waals surface area contributed by atoms with Crippen LogP contribution in [-0.4, -0.2) is 16.9 Å². The number of aliphatic carboxylic acids is 1.